The van der Waals surface area contributed by atoms with Crippen LogP contribution in [-0.2, 0) is 20.8 Å². The highest BCUT2D eigenvalue weighted by molar-refractivity contribution is 5.77. The van der Waals surface area contributed by atoms with Crippen molar-refractivity contribution in [2.45, 2.75) is 44.8 Å². The first-order chi connectivity index (χ1) is 14.2. The van der Waals surface area contributed by atoms with Gasteiger partial charge in [-0.05, 0) is 55.2 Å². The van der Waals surface area contributed by atoms with Crippen LogP contribution in [0.2, 0.25) is 0 Å². The number of nitrogens with zero attached hydrogens (tertiary/aromatic N) is 3. The van der Waals surface area contributed by atoms with Gasteiger partial charge in [-0.15, -0.1) is 0 Å². The molecule has 3 atom stereocenters. The van der Waals surface area contributed by atoms with Crippen molar-refractivity contribution in [1.82, 2.24) is 14.8 Å². The number of piperidine rings is 2. The van der Waals surface area contributed by atoms with E-state index in [1.54, 1.807) is 0 Å². The summed E-state index contributed by atoms with van der Waals surface area (Å²) >= 11 is 0. The predicted molar refractivity (Wildman–Crippen MR) is 109 cm³/mol. The Hall–Kier alpha value is -1.50. The maximum Gasteiger partial charge on any atom is 0.225 e. The van der Waals surface area contributed by atoms with Gasteiger partial charge in [0.05, 0.1) is 25.7 Å². The molecule has 0 unspecified atom stereocenters. The number of pyridine rings is 1. The molecule has 4 aliphatic rings. The summed E-state index contributed by atoms with van der Waals surface area (Å²) in [6, 6.07) is 4.15. The molecule has 4 saturated heterocycles. The molecule has 0 saturated carbocycles. The van der Waals surface area contributed by atoms with E-state index in [0.29, 0.717) is 29.6 Å². The fourth-order valence-electron chi connectivity index (χ4n) is 5.84. The zero-order valence-corrected chi connectivity index (χ0v) is 17.3. The van der Waals surface area contributed by atoms with Crippen molar-refractivity contribution in [2.75, 3.05) is 46.0 Å². The highest BCUT2D eigenvalue weighted by Crippen LogP contribution is 2.40. The number of hydrogen-bond acceptors (Lipinski definition) is 5. The molecule has 1 aromatic rings. The average molecular weight is 400 g/mol. The molecule has 1 spiro atoms. The monoisotopic (exact) mass is 399 g/mol. The lowest BCUT2D eigenvalue weighted by molar-refractivity contribution is -0.136. The Balaban J connectivity index is 1.11. The van der Waals surface area contributed by atoms with Crippen LogP contribution in [0.1, 0.15) is 37.7 Å². The number of hydrogen-bond donors (Lipinski definition) is 0. The van der Waals surface area contributed by atoms with Crippen molar-refractivity contribution in [1.29, 1.82) is 0 Å². The van der Waals surface area contributed by atoms with Gasteiger partial charge in [-0.25, -0.2) is 0 Å². The number of fused-ring (bicyclic) bond motifs is 1. The van der Waals surface area contributed by atoms with Crippen LogP contribution in [0.5, 0.6) is 0 Å². The summed E-state index contributed by atoms with van der Waals surface area (Å²) in [7, 11) is 0. The normalized spacial score (nSPS) is 31.9. The first-order valence-corrected chi connectivity index (χ1v) is 11.3. The minimum atomic E-state index is 0.110. The molecular weight excluding hydrogens is 366 g/mol. The van der Waals surface area contributed by atoms with E-state index in [1.807, 2.05) is 18.5 Å². The number of carbonyl (C=O) groups excluding carboxylic acids is 1. The summed E-state index contributed by atoms with van der Waals surface area (Å²) in [6.07, 6.45) is 8.94. The fraction of sp³-hybridized carbons (Fsp3) is 0.739. The minimum absolute atomic E-state index is 0.110. The van der Waals surface area contributed by atoms with Gasteiger partial charge in [0.1, 0.15) is 0 Å². The van der Waals surface area contributed by atoms with Crippen LogP contribution < -0.4 is 0 Å². The molecule has 6 heteroatoms. The number of ether oxygens (including phenoxy) is 2. The van der Waals surface area contributed by atoms with Crippen LogP contribution in [0.15, 0.2) is 24.5 Å². The van der Waals surface area contributed by atoms with Gasteiger partial charge >= 0.3 is 0 Å². The topological polar surface area (TPSA) is 54.9 Å². The van der Waals surface area contributed by atoms with Crippen molar-refractivity contribution >= 4 is 5.91 Å². The van der Waals surface area contributed by atoms with Crippen LogP contribution in [-0.4, -0.2) is 72.8 Å². The largest absolute Gasteiger partial charge is 0.381 e. The molecule has 0 aromatic carbocycles. The van der Waals surface area contributed by atoms with Gasteiger partial charge in [0.2, 0.25) is 5.91 Å². The molecule has 158 valence electrons. The van der Waals surface area contributed by atoms with Gasteiger partial charge in [-0.3, -0.25) is 14.7 Å². The van der Waals surface area contributed by atoms with Crippen LogP contribution in [0.25, 0.3) is 0 Å². The SMILES string of the molecule is O=C(C[C@@H]1OC[C@H]2CN(Cc3cccnc3)CC[C@H]21)N1CCC2(CCOC2)CC1. The van der Waals surface area contributed by atoms with Crippen molar-refractivity contribution < 1.29 is 14.3 Å². The number of aromatic nitrogens is 1. The van der Waals surface area contributed by atoms with E-state index in [1.165, 1.54) is 12.0 Å². The third-order valence-electron chi connectivity index (χ3n) is 7.75. The summed E-state index contributed by atoms with van der Waals surface area (Å²) in [5, 5.41) is 0. The molecule has 0 aliphatic carbocycles. The molecule has 1 aromatic heterocycles. The van der Waals surface area contributed by atoms with Crippen LogP contribution >= 0.6 is 0 Å². The number of likely N-dealkylation sites (tertiary alicyclic amines) is 2. The Kier molecular flexibility index (Phi) is 5.59. The van der Waals surface area contributed by atoms with E-state index >= 15 is 0 Å². The number of carbonyl (C=O) groups is 1. The Labute approximate surface area is 173 Å². The molecule has 0 bridgehead atoms. The zero-order chi connectivity index (χ0) is 19.7. The minimum Gasteiger partial charge on any atom is -0.381 e. The Morgan fingerprint density at radius 3 is 2.90 bits per heavy atom. The van der Waals surface area contributed by atoms with Gasteiger partial charge in [0.15, 0.2) is 0 Å². The molecule has 29 heavy (non-hydrogen) atoms. The highest BCUT2D eigenvalue weighted by Gasteiger charge is 2.43. The van der Waals surface area contributed by atoms with E-state index in [2.05, 4.69) is 20.9 Å². The van der Waals surface area contributed by atoms with Crippen molar-refractivity contribution in [3.63, 3.8) is 0 Å². The van der Waals surface area contributed by atoms with E-state index in [0.717, 1.165) is 71.8 Å². The fourth-order valence-corrected chi connectivity index (χ4v) is 5.84. The van der Waals surface area contributed by atoms with E-state index in [4.69, 9.17) is 9.47 Å². The summed E-state index contributed by atoms with van der Waals surface area (Å²) in [6.45, 7) is 7.47. The van der Waals surface area contributed by atoms with E-state index < -0.39 is 0 Å². The van der Waals surface area contributed by atoms with Crippen molar-refractivity contribution in [3.8, 4) is 0 Å². The molecule has 1 amide bonds. The highest BCUT2D eigenvalue weighted by atomic mass is 16.5. The van der Waals surface area contributed by atoms with Gasteiger partial charge in [0.25, 0.3) is 0 Å². The smallest absolute Gasteiger partial charge is 0.225 e. The second-order valence-electron chi connectivity index (χ2n) is 9.57. The maximum absolute atomic E-state index is 12.9. The first kappa shape index (κ1) is 19.5. The quantitative estimate of drug-likeness (QED) is 0.778. The van der Waals surface area contributed by atoms with Crippen LogP contribution in [0, 0.1) is 17.3 Å². The van der Waals surface area contributed by atoms with Crippen LogP contribution in [0.3, 0.4) is 0 Å². The van der Waals surface area contributed by atoms with Crippen molar-refractivity contribution in [3.05, 3.63) is 30.1 Å². The second kappa shape index (κ2) is 8.32. The third-order valence-corrected chi connectivity index (χ3v) is 7.75. The molecule has 5 rings (SSSR count). The van der Waals surface area contributed by atoms with Crippen molar-refractivity contribution in [2.24, 2.45) is 17.3 Å². The average Bonchev–Trinajstić information content (AvgIpc) is 3.36. The summed E-state index contributed by atoms with van der Waals surface area (Å²) in [4.78, 5) is 21.8. The molecule has 4 aliphatic heterocycles. The lowest BCUT2D eigenvalue weighted by atomic mass is 9.78. The first-order valence-electron chi connectivity index (χ1n) is 11.3. The van der Waals surface area contributed by atoms with E-state index in [-0.39, 0.29) is 6.10 Å². The molecule has 0 radical (unpaired) electrons. The molecule has 0 N–H and O–H groups in total. The Bertz CT molecular complexity index is 697. The summed E-state index contributed by atoms with van der Waals surface area (Å²) in [5.74, 6) is 1.38. The Morgan fingerprint density at radius 1 is 1.24 bits per heavy atom. The van der Waals surface area contributed by atoms with Gasteiger partial charge < -0.3 is 14.4 Å². The van der Waals surface area contributed by atoms with Gasteiger partial charge in [-0.1, -0.05) is 6.07 Å². The lowest BCUT2D eigenvalue weighted by Crippen LogP contribution is -2.45. The molecule has 4 fully saturated rings. The molecule has 6 nitrogen and oxygen atoms in total. The molecular formula is C23H33N3O3. The van der Waals surface area contributed by atoms with E-state index in [9.17, 15) is 4.79 Å². The summed E-state index contributed by atoms with van der Waals surface area (Å²) < 4.78 is 11.8. The standard InChI is InChI=1S/C23H33N3O3/c27-22(26-9-4-23(5-10-26)6-11-28-17-23)12-21-20-3-8-25(15-19(20)16-29-21)14-18-2-1-7-24-13-18/h1-2,7,13,19-21H,3-6,8-12,14-17H2/t19-,20-,21+/m1/s1. The number of rotatable bonds is 4. The van der Waals surface area contributed by atoms with Gasteiger partial charge in [-0.2, -0.15) is 0 Å². The third kappa shape index (κ3) is 4.21. The predicted octanol–water partition coefficient (Wildman–Crippen LogP) is 2.34. The second-order valence-corrected chi connectivity index (χ2v) is 9.57. The molecule has 5 heterocycles. The van der Waals surface area contributed by atoms with Gasteiger partial charge in [0, 0.05) is 51.1 Å². The Morgan fingerprint density at radius 2 is 2.14 bits per heavy atom. The lowest BCUT2D eigenvalue weighted by Gasteiger charge is -2.39. The zero-order valence-electron chi connectivity index (χ0n) is 17.3. The summed E-state index contributed by atoms with van der Waals surface area (Å²) in [5.41, 5.74) is 1.62. The van der Waals surface area contributed by atoms with Crippen LogP contribution in [0.4, 0.5) is 0 Å². The maximum atomic E-state index is 12.9. The number of amides is 1.